The van der Waals surface area contributed by atoms with Crippen LogP contribution in [0.1, 0.15) is 32.3 Å². The first-order valence-corrected chi connectivity index (χ1v) is 8.96. The molecule has 4 nitrogen and oxygen atoms in total. The lowest BCUT2D eigenvalue weighted by Crippen LogP contribution is -2.43. The van der Waals surface area contributed by atoms with Crippen LogP contribution >= 0.6 is 23.8 Å². The van der Waals surface area contributed by atoms with Gasteiger partial charge in [-0.1, -0.05) is 37.7 Å². The molecule has 1 aromatic carbocycles. The first kappa shape index (κ1) is 16.7. The van der Waals surface area contributed by atoms with Crippen LogP contribution in [0.3, 0.4) is 0 Å². The van der Waals surface area contributed by atoms with Crippen LogP contribution in [0.15, 0.2) is 23.1 Å². The van der Waals surface area contributed by atoms with Gasteiger partial charge in [0.05, 0.1) is 9.92 Å². The molecule has 1 heterocycles. The molecule has 0 atom stereocenters. The van der Waals surface area contributed by atoms with Crippen LogP contribution in [0.5, 0.6) is 0 Å². The summed E-state index contributed by atoms with van der Waals surface area (Å²) in [6, 6.07) is 4.50. The Labute approximate surface area is 136 Å². The molecule has 0 unspecified atom stereocenters. The highest BCUT2D eigenvalue weighted by Gasteiger charge is 2.34. The van der Waals surface area contributed by atoms with Crippen LogP contribution in [0, 0.1) is 5.41 Å². The van der Waals surface area contributed by atoms with Gasteiger partial charge in [-0.2, -0.15) is 4.31 Å². The third-order valence-corrected chi connectivity index (χ3v) is 6.08. The monoisotopic (exact) mass is 346 g/mol. The molecule has 7 heteroatoms. The van der Waals surface area contributed by atoms with Crippen LogP contribution in [0.4, 0.5) is 0 Å². The van der Waals surface area contributed by atoms with Crippen molar-refractivity contribution < 1.29 is 8.42 Å². The van der Waals surface area contributed by atoms with E-state index < -0.39 is 10.0 Å². The third-order valence-electron chi connectivity index (χ3n) is 3.71. The molecule has 0 amide bonds. The Morgan fingerprint density at radius 2 is 2.10 bits per heavy atom. The Morgan fingerprint density at radius 3 is 2.62 bits per heavy atom. The molecule has 21 heavy (non-hydrogen) atoms. The summed E-state index contributed by atoms with van der Waals surface area (Å²) in [4.78, 5) is 0.341. The van der Waals surface area contributed by atoms with Gasteiger partial charge in [-0.15, -0.1) is 0 Å². The predicted octanol–water partition coefficient (Wildman–Crippen LogP) is 2.78. The minimum Gasteiger partial charge on any atom is -0.389 e. The lowest BCUT2D eigenvalue weighted by molar-refractivity contribution is 0.187. The maximum Gasteiger partial charge on any atom is 0.243 e. The summed E-state index contributed by atoms with van der Waals surface area (Å²) in [7, 11) is -3.53. The molecule has 116 valence electrons. The molecular weight excluding hydrogens is 328 g/mol. The van der Waals surface area contributed by atoms with E-state index in [1.165, 1.54) is 16.4 Å². The lowest BCUT2D eigenvalue weighted by atomic mass is 9.85. The van der Waals surface area contributed by atoms with Crippen molar-refractivity contribution in [3.8, 4) is 0 Å². The first-order chi connectivity index (χ1) is 9.63. The summed E-state index contributed by atoms with van der Waals surface area (Å²) in [6.45, 7) is 5.22. The van der Waals surface area contributed by atoms with Crippen LogP contribution in [0.25, 0.3) is 0 Å². The van der Waals surface area contributed by atoms with Gasteiger partial charge in [0.1, 0.15) is 4.99 Å². The number of benzene rings is 1. The predicted molar refractivity (Wildman–Crippen MR) is 89.1 cm³/mol. The van der Waals surface area contributed by atoms with E-state index >= 15 is 0 Å². The molecule has 0 saturated carbocycles. The Morgan fingerprint density at radius 1 is 1.43 bits per heavy atom. The molecule has 1 aliphatic heterocycles. The molecule has 0 radical (unpaired) electrons. The van der Waals surface area contributed by atoms with Crippen molar-refractivity contribution in [3.05, 3.63) is 28.8 Å². The zero-order chi connectivity index (χ0) is 15.8. The largest absolute Gasteiger partial charge is 0.389 e. The summed E-state index contributed by atoms with van der Waals surface area (Å²) >= 11 is 10.9. The zero-order valence-electron chi connectivity index (χ0n) is 12.1. The highest BCUT2D eigenvalue weighted by Crippen LogP contribution is 2.32. The van der Waals surface area contributed by atoms with Gasteiger partial charge in [-0.25, -0.2) is 8.42 Å². The topological polar surface area (TPSA) is 63.4 Å². The van der Waals surface area contributed by atoms with Crippen molar-refractivity contribution in [2.24, 2.45) is 11.1 Å². The highest BCUT2D eigenvalue weighted by molar-refractivity contribution is 7.89. The summed E-state index contributed by atoms with van der Waals surface area (Å²) < 4.78 is 27.0. The molecule has 0 aromatic heterocycles. The number of hydrogen-bond acceptors (Lipinski definition) is 3. The van der Waals surface area contributed by atoms with E-state index in [9.17, 15) is 8.42 Å². The quantitative estimate of drug-likeness (QED) is 0.855. The number of hydrogen-bond donors (Lipinski definition) is 1. The number of sulfonamides is 1. The Kier molecular flexibility index (Phi) is 4.63. The zero-order valence-corrected chi connectivity index (χ0v) is 14.5. The van der Waals surface area contributed by atoms with E-state index in [1.54, 1.807) is 6.07 Å². The van der Waals surface area contributed by atoms with Gasteiger partial charge in [-0.05, 0) is 36.5 Å². The first-order valence-electron chi connectivity index (χ1n) is 6.73. The molecule has 2 N–H and O–H groups in total. The van der Waals surface area contributed by atoms with E-state index in [2.05, 4.69) is 13.8 Å². The number of piperidine rings is 1. The number of halogens is 1. The molecular formula is C14H19ClN2O2S2. The molecule has 1 aromatic rings. The average molecular weight is 347 g/mol. The summed E-state index contributed by atoms with van der Waals surface area (Å²) in [5.41, 5.74) is 6.02. The minimum atomic E-state index is -3.53. The van der Waals surface area contributed by atoms with Gasteiger partial charge < -0.3 is 5.73 Å². The van der Waals surface area contributed by atoms with Gasteiger partial charge in [0.25, 0.3) is 0 Å². The maximum absolute atomic E-state index is 12.7. The molecule has 0 bridgehead atoms. The summed E-state index contributed by atoms with van der Waals surface area (Å²) in [6.07, 6.45) is 1.89. The van der Waals surface area contributed by atoms with Crippen molar-refractivity contribution in [2.75, 3.05) is 13.1 Å². The minimum absolute atomic E-state index is 0.00607. The van der Waals surface area contributed by atoms with E-state index in [4.69, 9.17) is 29.6 Å². The fourth-order valence-electron chi connectivity index (χ4n) is 2.58. The standard InChI is InChI=1S/C14H19ClN2O2S2/c1-14(2)6-3-7-17(9-14)21(18,19)10-4-5-11(13(16)20)12(15)8-10/h4-5,8H,3,6-7,9H2,1-2H3,(H2,16,20). The van der Waals surface area contributed by atoms with E-state index in [0.717, 1.165) is 12.8 Å². The molecule has 1 fully saturated rings. The normalized spacial score (nSPS) is 19.4. The van der Waals surface area contributed by atoms with Gasteiger partial charge in [0, 0.05) is 18.7 Å². The second-order valence-electron chi connectivity index (χ2n) is 6.11. The van der Waals surface area contributed by atoms with E-state index in [-0.39, 0.29) is 20.3 Å². The van der Waals surface area contributed by atoms with Crippen LogP contribution < -0.4 is 5.73 Å². The molecule has 0 spiro atoms. The highest BCUT2D eigenvalue weighted by atomic mass is 35.5. The van der Waals surface area contributed by atoms with Gasteiger partial charge in [0.2, 0.25) is 10.0 Å². The van der Waals surface area contributed by atoms with E-state index in [0.29, 0.717) is 18.7 Å². The Hall–Kier alpha value is -0.690. The van der Waals surface area contributed by atoms with Crippen LogP contribution in [-0.4, -0.2) is 30.8 Å². The van der Waals surface area contributed by atoms with E-state index in [1.807, 2.05) is 0 Å². The second-order valence-corrected chi connectivity index (χ2v) is 8.90. The van der Waals surface area contributed by atoms with Crippen LogP contribution in [0.2, 0.25) is 5.02 Å². The van der Waals surface area contributed by atoms with Crippen LogP contribution in [-0.2, 0) is 10.0 Å². The SMILES string of the molecule is CC1(C)CCCN(S(=O)(=O)c2ccc(C(N)=S)c(Cl)c2)C1. The van der Waals surface area contributed by atoms with Crippen molar-refractivity contribution in [1.29, 1.82) is 0 Å². The smallest absolute Gasteiger partial charge is 0.243 e. The van der Waals surface area contributed by atoms with Crippen molar-refractivity contribution >= 4 is 38.8 Å². The third kappa shape index (κ3) is 3.56. The van der Waals surface area contributed by atoms with Gasteiger partial charge >= 0.3 is 0 Å². The number of nitrogens with zero attached hydrogens (tertiary/aromatic N) is 1. The molecule has 1 saturated heterocycles. The second kappa shape index (κ2) is 5.83. The summed E-state index contributed by atoms with van der Waals surface area (Å²) in [5.74, 6) is 0. The number of thiocarbonyl (C=S) groups is 1. The maximum atomic E-state index is 12.7. The summed E-state index contributed by atoms with van der Waals surface area (Å²) in [5, 5.41) is 0.264. The van der Waals surface area contributed by atoms with Crippen molar-refractivity contribution in [3.63, 3.8) is 0 Å². The Balaban J connectivity index is 2.36. The molecule has 2 rings (SSSR count). The lowest BCUT2D eigenvalue weighted by Gasteiger charge is -2.37. The Bertz CT molecular complexity index is 672. The van der Waals surface area contributed by atoms with Gasteiger partial charge in [-0.3, -0.25) is 0 Å². The van der Waals surface area contributed by atoms with Crippen molar-refractivity contribution in [2.45, 2.75) is 31.6 Å². The fourth-order valence-corrected chi connectivity index (χ4v) is 4.85. The van der Waals surface area contributed by atoms with Gasteiger partial charge in [0.15, 0.2) is 0 Å². The number of nitrogens with two attached hydrogens (primary N) is 1. The molecule has 1 aliphatic rings. The number of rotatable bonds is 3. The average Bonchev–Trinajstić information content (AvgIpc) is 2.36. The van der Waals surface area contributed by atoms with Crippen molar-refractivity contribution in [1.82, 2.24) is 4.31 Å². The fraction of sp³-hybridized carbons (Fsp3) is 0.500. The molecule has 0 aliphatic carbocycles.